The summed E-state index contributed by atoms with van der Waals surface area (Å²) in [7, 11) is 0. The molecular formula is C13H10ClNO3S. The number of aryl methyl sites for hydroxylation is 1. The third-order valence-electron chi connectivity index (χ3n) is 2.48. The third kappa shape index (κ3) is 2.94. The van der Waals surface area contributed by atoms with Crippen molar-refractivity contribution >= 4 is 40.5 Å². The molecule has 0 unspecified atom stereocenters. The zero-order chi connectivity index (χ0) is 14.0. The largest absolute Gasteiger partial charge is 0.478 e. The molecule has 1 aromatic heterocycles. The lowest BCUT2D eigenvalue weighted by Crippen LogP contribution is -2.14. The van der Waals surface area contributed by atoms with Gasteiger partial charge in [0, 0.05) is 0 Å². The Balaban J connectivity index is 2.32. The van der Waals surface area contributed by atoms with Crippen LogP contribution < -0.4 is 5.32 Å². The van der Waals surface area contributed by atoms with Gasteiger partial charge in [-0.25, -0.2) is 4.79 Å². The molecule has 0 aliphatic heterocycles. The van der Waals surface area contributed by atoms with Gasteiger partial charge in [-0.1, -0.05) is 23.2 Å². The number of hydrogen-bond donors (Lipinski definition) is 2. The average molecular weight is 296 g/mol. The molecule has 6 heteroatoms. The summed E-state index contributed by atoms with van der Waals surface area (Å²) in [6.07, 6.45) is 0. The molecule has 0 saturated carbocycles. The first kappa shape index (κ1) is 13.6. The lowest BCUT2D eigenvalue weighted by Gasteiger charge is -2.08. The van der Waals surface area contributed by atoms with Crippen LogP contribution in [0, 0.1) is 6.92 Å². The molecule has 0 aliphatic carbocycles. The predicted molar refractivity (Wildman–Crippen MR) is 75.4 cm³/mol. The number of carboxylic acid groups (broad SMARTS) is 1. The Hall–Kier alpha value is -1.85. The first-order valence-electron chi connectivity index (χ1n) is 5.37. The fourth-order valence-electron chi connectivity index (χ4n) is 1.58. The molecule has 2 aromatic rings. The van der Waals surface area contributed by atoms with E-state index in [0.717, 1.165) is 5.56 Å². The van der Waals surface area contributed by atoms with Crippen molar-refractivity contribution in [1.29, 1.82) is 0 Å². The van der Waals surface area contributed by atoms with Crippen LogP contribution in [0.15, 0.2) is 29.6 Å². The SMILES string of the molecule is Cc1ccc(NC(=O)c2sccc2Cl)c(C(=O)O)c1. The topological polar surface area (TPSA) is 66.4 Å². The number of amides is 1. The lowest BCUT2D eigenvalue weighted by molar-refractivity contribution is 0.0698. The van der Waals surface area contributed by atoms with Crippen molar-refractivity contribution in [3.8, 4) is 0 Å². The Morgan fingerprint density at radius 2 is 2.05 bits per heavy atom. The Morgan fingerprint density at radius 3 is 2.63 bits per heavy atom. The van der Waals surface area contributed by atoms with E-state index in [1.807, 2.05) is 0 Å². The summed E-state index contributed by atoms with van der Waals surface area (Å²) >= 11 is 7.06. The van der Waals surface area contributed by atoms with Gasteiger partial charge in [0.15, 0.2) is 0 Å². The number of halogens is 1. The Morgan fingerprint density at radius 1 is 1.32 bits per heavy atom. The molecule has 19 heavy (non-hydrogen) atoms. The highest BCUT2D eigenvalue weighted by Gasteiger charge is 2.16. The minimum absolute atomic E-state index is 0.0565. The second-order valence-corrected chi connectivity index (χ2v) is 5.23. The van der Waals surface area contributed by atoms with E-state index in [9.17, 15) is 9.59 Å². The smallest absolute Gasteiger partial charge is 0.337 e. The first-order valence-corrected chi connectivity index (χ1v) is 6.63. The second kappa shape index (κ2) is 5.42. The number of hydrogen-bond acceptors (Lipinski definition) is 3. The number of anilines is 1. The molecule has 2 rings (SSSR count). The molecular weight excluding hydrogens is 286 g/mol. The molecule has 0 atom stereocenters. The fourth-order valence-corrected chi connectivity index (χ4v) is 2.61. The number of carbonyl (C=O) groups excluding carboxylic acids is 1. The number of rotatable bonds is 3. The van der Waals surface area contributed by atoms with Crippen LogP contribution in [-0.4, -0.2) is 17.0 Å². The van der Waals surface area contributed by atoms with Gasteiger partial charge in [0.05, 0.1) is 16.3 Å². The molecule has 0 aliphatic rings. The van der Waals surface area contributed by atoms with E-state index in [1.165, 1.54) is 17.4 Å². The third-order valence-corrected chi connectivity index (χ3v) is 3.82. The van der Waals surface area contributed by atoms with E-state index in [1.54, 1.807) is 30.5 Å². The standard InChI is InChI=1S/C13H10ClNO3S/c1-7-2-3-10(8(6-7)13(17)18)15-12(16)11-9(14)4-5-19-11/h2-6H,1H3,(H,15,16)(H,17,18). The summed E-state index contributed by atoms with van der Waals surface area (Å²) in [5.41, 5.74) is 1.12. The number of nitrogens with one attached hydrogen (secondary N) is 1. The molecule has 1 heterocycles. The maximum atomic E-state index is 12.0. The number of carbonyl (C=O) groups is 2. The number of aromatic carboxylic acids is 1. The van der Waals surface area contributed by atoms with Crippen LogP contribution in [0.2, 0.25) is 5.02 Å². The van der Waals surface area contributed by atoms with Gasteiger partial charge in [-0.15, -0.1) is 11.3 Å². The molecule has 0 spiro atoms. The maximum Gasteiger partial charge on any atom is 0.337 e. The second-order valence-electron chi connectivity index (χ2n) is 3.91. The van der Waals surface area contributed by atoms with Crippen LogP contribution in [0.3, 0.4) is 0 Å². The fraction of sp³-hybridized carbons (Fsp3) is 0.0769. The quantitative estimate of drug-likeness (QED) is 0.908. The highest BCUT2D eigenvalue weighted by Crippen LogP contribution is 2.24. The molecule has 98 valence electrons. The summed E-state index contributed by atoms with van der Waals surface area (Å²) in [6.45, 7) is 1.79. The van der Waals surface area contributed by atoms with E-state index in [4.69, 9.17) is 16.7 Å². The van der Waals surface area contributed by atoms with Crippen LogP contribution in [-0.2, 0) is 0 Å². The van der Waals surface area contributed by atoms with Gasteiger partial charge in [0.25, 0.3) is 5.91 Å². The van der Waals surface area contributed by atoms with E-state index < -0.39 is 11.9 Å². The van der Waals surface area contributed by atoms with Crippen molar-refractivity contribution in [3.05, 3.63) is 50.7 Å². The van der Waals surface area contributed by atoms with Crippen LogP contribution >= 0.6 is 22.9 Å². The maximum absolute atomic E-state index is 12.0. The van der Waals surface area contributed by atoms with Gasteiger partial charge >= 0.3 is 5.97 Å². The molecule has 0 saturated heterocycles. The van der Waals surface area contributed by atoms with Gasteiger partial charge in [-0.3, -0.25) is 4.79 Å². The van der Waals surface area contributed by atoms with Gasteiger partial charge in [-0.2, -0.15) is 0 Å². The monoisotopic (exact) mass is 295 g/mol. The minimum Gasteiger partial charge on any atom is -0.478 e. The highest BCUT2D eigenvalue weighted by atomic mass is 35.5. The van der Waals surface area contributed by atoms with Gasteiger partial charge < -0.3 is 10.4 Å². The Bertz CT molecular complexity index is 651. The van der Waals surface area contributed by atoms with E-state index in [0.29, 0.717) is 9.90 Å². The Labute approximate surface area is 118 Å². The minimum atomic E-state index is -1.09. The molecule has 1 amide bonds. The summed E-state index contributed by atoms with van der Waals surface area (Å²) in [5, 5.41) is 13.7. The van der Waals surface area contributed by atoms with Gasteiger partial charge in [0.1, 0.15) is 4.88 Å². The molecule has 1 aromatic carbocycles. The molecule has 0 fully saturated rings. The number of carboxylic acids is 1. The van der Waals surface area contributed by atoms with Gasteiger partial charge in [-0.05, 0) is 30.5 Å². The van der Waals surface area contributed by atoms with Crippen molar-refractivity contribution in [2.24, 2.45) is 0 Å². The molecule has 2 N–H and O–H groups in total. The van der Waals surface area contributed by atoms with Crippen molar-refractivity contribution in [2.45, 2.75) is 6.92 Å². The van der Waals surface area contributed by atoms with Crippen molar-refractivity contribution in [3.63, 3.8) is 0 Å². The average Bonchev–Trinajstić information content (AvgIpc) is 2.77. The van der Waals surface area contributed by atoms with Crippen LogP contribution in [0.25, 0.3) is 0 Å². The van der Waals surface area contributed by atoms with Crippen molar-refractivity contribution in [2.75, 3.05) is 5.32 Å². The molecule has 4 nitrogen and oxygen atoms in total. The predicted octanol–water partition coefficient (Wildman–Crippen LogP) is 3.66. The van der Waals surface area contributed by atoms with E-state index >= 15 is 0 Å². The van der Waals surface area contributed by atoms with Crippen LogP contribution in [0.4, 0.5) is 5.69 Å². The zero-order valence-corrected chi connectivity index (χ0v) is 11.5. The van der Waals surface area contributed by atoms with Gasteiger partial charge in [0.2, 0.25) is 0 Å². The Kier molecular flexibility index (Phi) is 3.87. The zero-order valence-electron chi connectivity index (χ0n) is 9.94. The van der Waals surface area contributed by atoms with E-state index in [2.05, 4.69) is 5.32 Å². The summed E-state index contributed by atoms with van der Waals surface area (Å²) in [4.78, 5) is 23.5. The van der Waals surface area contributed by atoms with E-state index in [-0.39, 0.29) is 11.3 Å². The summed E-state index contributed by atoms with van der Waals surface area (Å²) in [5.74, 6) is -1.50. The summed E-state index contributed by atoms with van der Waals surface area (Å²) in [6, 6.07) is 6.43. The van der Waals surface area contributed by atoms with Crippen molar-refractivity contribution < 1.29 is 14.7 Å². The molecule has 0 radical (unpaired) electrons. The first-order chi connectivity index (χ1) is 8.99. The van der Waals surface area contributed by atoms with Crippen molar-refractivity contribution in [1.82, 2.24) is 0 Å². The van der Waals surface area contributed by atoms with Crippen LogP contribution in [0.5, 0.6) is 0 Å². The number of thiophene rings is 1. The number of benzene rings is 1. The van der Waals surface area contributed by atoms with Crippen LogP contribution in [0.1, 0.15) is 25.6 Å². The molecule has 0 bridgehead atoms. The normalized spacial score (nSPS) is 10.2. The lowest BCUT2D eigenvalue weighted by atomic mass is 10.1. The summed E-state index contributed by atoms with van der Waals surface area (Å²) < 4.78 is 0. The highest BCUT2D eigenvalue weighted by molar-refractivity contribution is 7.12.